The zero-order chi connectivity index (χ0) is 9.84. The van der Waals surface area contributed by atoms with E-state index in [1.54, 1.807) is 19.2 Å². The van der Waals surface area contributed by atoms with Gasteiger partial charge in [0.1, 0.15) is 5.75 Å². The highest BCUT2D eigenvalue weighted by molar-refractivity contribution is 9.10. The second-order valence-corrected chi connectivity index (χ2v) is 3.64. The molecule has 1 aromatic carbocycles. The predicted octanol–water partition coefficient (Wildman–Crippen LogP) is 1.41. The summed E-state index contributed by atoms with van der Waals surface area (Å²) in [5.41, 5.74) is 0.702. The van der Waals surface area contributed by atoms with Gasteiger partial charge in [0.05, 0.1) is 12.6 Å². The van der Waals surface area contributed by atoms with Gasteiger partial charge in [-0.1, -0.05) is 22.0 Å². The SMILES string of the molecule is CNC(CO)c1ccc(Br)cc1O. The molecule has 4 heteroatoms. The first-order valence-electron chi connectivity index (χ1n) is 3.95. The van der Waals surface area contributed by atoms with Gasteiger partial charge < -0.3 is 15.5 Å². The third-order valence-electron chi connectivity index (χ3n) is 1.90. The van der Waals surface area contributed by atoms with Crippen LogP contribution >= 0.6 is 15.9 Å². The van der Waals surface area contributed by atoms with E-state index in [1.807, 2.05) is 6.07 Å². The van der Waals surface area contributed by atoms with Crippen molar-refractivity contribution in [2.75, 3.05) is 13.7 Å². The van der Waals surface area contributed by atoms with Crippen molar-refractivity contribution in [2.45, 2.75) is 6.04 Å². The van der Waals surface area contributed by atoms with Crippen LogP contribution in [0.3, 0.4) is 0 Å². The van der Waals surface area contributed by atoms with Crippen LogP contribution in [-0.4, -0.2) is 23.9 Å². The number of hydrogen-bond donors (Lipinski definition) is 3. The Morgan fingerprint density at radius 3 is 2.69 bits per heavy atom. The number of phenolic OH excluding ortho intramolecular Hbond substituents is 1. The molecule has 0 radical (unpaired) electrons. The minimum atomic E-state index is -0.215. The molecule has 0 bridgehead atoms. The van der Waals surface area contributed by atoms with Gasteiger partial charge >= 0.3 is 0 Å². The summed E-state index contributed by atoms with van der Waals surface area (Å²) in [6.07, 6.45) is 0. The molecule has 1 aromatic rings. The number of rotatable bonds is 3. The van der Waals surface area contributed by atoms with E-state index in [9.17, 15) is 5.11 Å². The van der Waals surface area contributed by atoms with E-state index >= 15 is 0 Å². The average Bonchev–Trinajstić information content (AvgIpc) is 2.10. The number of phenols is 1. The summed E-state index contributed by atoms with van der Waals surface area (Å²) in [4.78, 5) is 0. The first kappa shape index (κ1) is 10.5. The van der Waals surface area contributed by atoms with Crippen LogP contribution in [0.5, 0.6) is 5.75 Å². The van der Waals surface area contributed by atoms with E-state index in [-0.39, 0.29) is 18.4 Å². The molecule has 3 N–H and O–H groups in total. The Balaban J connectivity index is 2.99. The predicted molar refractivity (Wildman–Crippen MR) is 54.7 cm³/mol. The molecule has 0 saturated heterocycles. The Morgan fingerprint density at radius 1 is 1.54 bits per heavy atom. The van der Waals surface area contributed by atoms with Gasteiger partial charge in [-0.05, 0) is 19.2 Å². The molecule has 72 valence electrons. The van der Waals surface area contributed by atoms with Crippen molar-refractivity contribution >= 4 is 15.9 Å². The fourth-order valence-corrected chi connectivity index (χ4v) is 1.51. The number of aliphatic hydroxyl groups excluding tert-OH is 1. The molecule has 0 fully saturated rings. The fourth-order valence-electron chi connectivity index (χ4n) is 1.16. The van der Waals surface area contributed by atoms with Crippen molar-refractivity contribution in [1.82, 2.24) is 5.32 Å². The summed E-state index contributed by atoms with van der Waals surface area (Å²) < 4.78 is 0.821. The molecule has 0 aliphatic rings. The van der Waals surface area contributed by atoms with Crippen LogP contribution in [0.25, 0.3) is 0 Å². The molecule has 3 nitrogen and oxygen atoms in total. The number of halogens is 1. The maximum absolute atomic E-state index is 9.54. The summed E-state index contributed by atoms with van der Waals surface area (Å²) in [7, 11) is 1.74. The van der Waals surface area contributed by atoms with Crippen molar-refractivity contribution in [3.05, 3.63) is 28.2 Å². The Labute approximate surface area is 85.5 Å². The normalized spacial score (nSPS) is 12.8. The molecule has 1 atom stereocenters. The van der Waals surface area contributed by atoms with Crippen molar-refractivity contribution in [3.63, 3.8) is 0 Å². The van der Waals surface area contributed by atoms with Crippen LogP contribution < -0.4 is 5.32 Å². The maximum Gasteiger partial charge on any atom is 0.121 e. The lowest BCUT2D eigenvalue weighted by molar-refractivity contribution is 0.248. The van der Waals surface area contributed by atoms with E-state index in [4.69, 9.17) is 5.11 Å². The molecule has 0 aromatic heterocycles. The van der Waals surface area contributed by atoms with Crippen LogP contribution in [0.2, 0.25) is 0 Å². The number of nitrogens with one attached hydrogen (secondary N) is 1. The quantitative estimate of drug-likeness (QED) is 0.755. The number of benzene rings is 1. The van der Waals surface area contributed by atoms with Gasteiger partial charge in [-0.25, -0.2) is 0 Å². The summed E-state index contributed by atoms with van der Waals surface area (Å²) in [6, 6.07) is 4.99. The molecule has 0 aliphatic carbocycles. The highest BCUT2D eigenvalue weighted by Gasteiger charge is 2.11. The smallest absolute Gasteiger partial charge is 0.121 e. The number of aliphatic hydroxyl groups is 1. The Morgan fingerprint density at radius 2 is 2.23 bits per heavy atom. The minimum Gasteiger partial charge on any atom is -0.508 e. The van der Waals surface area contributed by atoms with Crippen LogP contribution in [0.15, 0.2) is 22.7 Å². The molecule has 0 spiro atoms. The summed E-state index contributed by atoms with van der Waals surface area (Å²) in [5, 5.41) is 21.4. The number of likely N-dealkylation sites (N-methyl/N-ethyl adjacent to an activating group) is 1. The molecular formula is C9H12BrNO2. The third kappa shape index (κ3) is 2.43. The van der Waals surface area contributed by atoms with Gasteiger partial charge in [-0.3, -0.25) is 0 Å². The van der Waals surface area contributed by atoms with Gasteiger partial charge in [-0.15, -0.1) is 0 Å². The standard InChI is InChI=1S/C9H12BrNO2/c1-11-8(5-12)7-3-2-6(10)4-9(7)13/h2-4,8,11-13H,5H2,1H3. The lowest BCUT2D eigenvalue weighted by Crippen LogP contribution is -2.19. The van der Waals surface area contributed by atoms with E-state index < -0.39 is 0 Å². The molecule has 0 aliphatic heterocycles. The number of aromatic hydroxyl groups is 1. The van der Waals surface area contributed by atoms with Crippen LogP contribution in [0.1, 0.15) is 11.6 Å². The largest absolute Gasteiger partial charge is 0.508 e. The Kier molecular flexibility index (Phi) is 3.71. The summed E-state index contributed by atoms with van der Waals surface area (Å²) >= 11 is 3.25. The molecule has 0 heterocycles. The van der Waals surface area contributed by atoms with Gasteiger partial charge in [0.25, 0.3) is 0 Å². The second kappa shape index (κ2) is 4.60. The highest BCUT2D eigenvalue weighted by atomic mass is 79.9. The molecule has 0 amide bonds. The number of hydrogen-bond acceptors (Lipinski definition) is 3. The third-order valence-corrected chi connectivity index (χ3v) is 2.39. The molecule has 0 saturated carbocycles. The van der Waals surface area contributed by atoms with Gasteiger partial charge in [0.15, 0.2) is 0 Å². The zero-order valence-electron chi connectivity index (χ0n) is 7.29. The van der Waals surface area contributed by atoms with Crippen LogP contribution in [-0.2, 0) is 0 Å². The van der Waals surface area contributed by atoms with Crippen molar-refractivity contribution in [1.29, 1.82) is 0 Å². The molecule has 13 heavy (non-hydrogen) atoms. The fraction of sp³-hybridized carbons (Fsp3) is 0.333. The van der Waals surface area contributed by atoms with Crippen LogP contribution in [0, 0.1) is 0 Å². The van der Waals surface area contributed by atoms with Gasteiger partial charge in [0.2, 0.25) is 0 Å². The van der Waals surface area contributed by atoms with E-state index in [0.29, 0.717) is 5.56 Å². The average molecular weight is 246 g/mol. The maximum atomic E-state index is 9.54. The summed E-state index contributed by atoms with van der Waals surface area (Å²) in [5.74, 6) is 0.183. The van der Waals surface area contributed by atoms with E-state index in [1.165, 1.54) is 0 Å². The zero-order valence-corrected chi connectivity index (χ0v) is 8.87. The Bertz CT molecular complexity index is 287. The van der Waals surface area contributed by atoms with Crippen LogP contribution in [0.4, 0.5) is 0 Å². The van der Waals surface area contributed by atoms with E-state index in [2.05, 4.69) is 21.2 Å². The van der Waals surface area contributed by atoms with Crippen molar-refractivity contribution in [3.8, 4) is 5.75 Å². The van der Waals surface area contributed by atoms with Gasteiger partial charge in [-0.2, -0.15) is 0 Å². The first-order chi connectivity index (χ1) is 6.19. The van der Waals surface area contributed by atoms with Crippen molar-refractivity contribution < 1.29 is 10.2 Å². The molecule has 1 unspecified atom stereocenters. The van der Waals surface area contributed by atoms with Crippen molar-refractivity contribution in [2.24, 2.45) is 0 Å². The van der Waals surface area contributed by atoms with E-state index in [0.717, 1.165) is 4.47 Å². The molecular weight excluding hydrogens is 234 g/mol. The Hall–Kier alpha value is -0.580. The minimum absolute atomic E-state index is 0.0360. The highest BCUT2D eigenvalue weighted by Crippen LogP contribution is 2.26. The molecule has 1 rings (SSSR count). The lowest BCUT2D eigenvalue weighted by Gasteiger charge is -2.14. The lowest BCUT2D eigenvalue weighted by atomic mass is 10.1. The summed E-state index contributed by atoms with van der Waals surface area (Å²) in [6.45, 7) is -0.0360. The second-order valence-electron chi connectivity index (χ2n) is 2.73. The monoisotopic (exact) mass is 245 g/mol. The topological polar surface area (TPSA) is 52.5 Å². The van der Waals surface area contributed by atoms with Gasteiger partial charge in [0, 0.05) is 10.0 Å². The first-order valence-corrected chi connectivity index (χ1v) is 4.75.